The molecule has 1 rings (SSSR count). The summed E-state index contributed by atoms with van der Waals surface area (Å²) in [6.07, 6.45) is 1.52. The van der Waals surface area contributed by atoms with Crippen molar-refractivity contribution in [1.82, 2.24) is 5.32 Å². The summed E-state index contributed by atoms with van der Waals surface area (Å²) in [5.41, 5.74) is -0.121. The molecular weight excluding hydrogens is 308 g/mol. The lowest BCUT2D eigenvalue weighted by Crippen LogP contribution is -2.36. The van der Waals surface area contributed by atoms with Crippen LogP contribution in [-0.4, -0.2) is 35.7 Å². The molecule has 0 aliphatic carbocycles. The average Bonchev–Trinajstić information content (AvgIpc) is 2.51. The first-order valence-electron chi connectivity index (χ1n) is 6.71. The van der Waals surface area contributed by atoms with Gasteiger partial charge in [-0.1, -0.05) is 6.92 Å². The van der Waals surface area contributed by atoms with Crippen LogP contribution in [0.5, 0.6) is 0 Å². The van der Waals surface area contributed by atoms with Crippen molar-refractivity contribution in [3.63, 3.8) is 0 Å². The Morgan fingerprint density at radius 1 is 1.45 bits per heavy atom. The number of nitro groups is 1. The first-order chi connectivity index (χ1) is 10.4. The number of nitrogens with zero attached hydrogens (tertiary/aromatic N) is 1. The molecule has 0 unspecified atom stereocenters. The van der Waals surface area contributed by atoms with Crippen molar-refractivity contribution in [1.29, 1.82) is 0 Å². The second-order valence-electron chi connectivity index (χ2n) is 4.48. The summed E-state index contributed by atoms with van der Waals surface area (Å²) < 4.78 is 5.02. The lowest BCUT2D eigenvalue weighted by Gasteiger charge is -2.13. The third-order valence-corrected chi connectivity index (χ3v) is 3.60. The summed E-state index contributed by atoms with van der Waals surface area (Å²) in [4.78, 5) is 34.5. The van der Waals surface area contributed by atoms with Crippen LogP contribution >= 0.6 is 11.8 Å². The maximum Gasteiger partial charge on any atom is 0.339 e. The summed E-state index contributed by atoms with van der Waals surface area (Å²) in [6.45, 7) is 3.85. The van der Waals surface area contributed by atoms with Gasteiger partial charge in [0.25, 0.3) is 11.6 Å². The maximum atomic E-state index is 12.0. The summed E-state index contributed by atoms with van der Waals surface area (Å²) in [5, 5.41) is 13.6. The van der Waals surface area contributed by atoms with E-state index in [4.69, 9.17) is 4.74 Å². The molecular formula is C14H18N2O5S. The minimum absolute atomic E-state index is 0.0413. The quantitative estimate of drug-likeness (QED) is 0.357. The number of nitro benzene ring substituents is 1. The van der Waals surface area contributed by atoms with Gasteiger partial charge in [-0.25, -0.2) is 4.79 Å². The van der Waals surface area contributed by atoms with E-state index in [2.05, 4.69) is 5.32 Å². The first-order valence-corrected chi connectivity index (χ1v) is 7.94. The average molecular weight is 326 g/mol. The molecule has 1 N–H and O–H groups in total. The Kier molecular flexibility index (Phi) is 6.84. The van der Waals surface area contributed by atoms with Gasteiger partial charge in [-0.05, 0) is 31.7 Å². The molecule has 0 heterocycles. The molecule has 0 aromatic heterocycles. The van der Waals surface area contributed by atoms with Gasteiger partial charge in [0.05, 0.1) is 15.4 Å². The number of thioether (sulfide) groups is 1. The van der Waals surface area contributed by atoms with Crippen LogP contribution in [0.2, 0.25) is 0 Å². The Morgan fingerprint density at radius 2 is 2.14 bits per heavy atom. The Morgan fingerprint density at radius 3 is 2.68 bits per heavy atom. The van der Waals surface area contributed by atoms with Crippen LogP contribution in [0.4, 0.5) is 5.69 Å². The SMILES string of the molecule is CCCNC(=O)[C@H](C)OC(=O)c1ccc(SC)c([N+](=O)[O-])c1. The molecule has 0 bridgehead atoms. The largest absolute Gasteiger partial charge is 0.449 e. The van der Waals surface area contributed by atoms with Gasteiger partial charge in [0, 0.05) is 12.6 Å². The molecule has 0 radical (unpaired) electrons. The summed E-state index contributed by atoms with van der Waals surface area (Å²) in [7, 11) is 0. The standard InChI is InChI=1S/C14H18N2O5S/c1-4-7-15-13(17)9(2)21-14(18)10-5-6-12(22-3)11(8-10)16(19)20/h5-6,8-9H,4,7H2,1-3H3,(H,15,17)/t9-/m0/s1. The van der Waals surface area contributed by atoms with Crippen molar-refractivity contribution in [3.05, 3.63) is 33.9 Å². The second-order valence-corrected chi connectivity index (χ2v) is 5.33. The number of esters is 1. The van der Waals surface area contributed by atoms with Crippen LogP contribution in [0.3, 0.4) is 0 Å². The van der Waals surface area contributed by atoms with Crippen molar-refractivity contribution in [2.45, 2.75) is 31.3 Å². The summed E-state index contributed by atoms with van der Waals surface area (Å²) in [5.74, 6) is -1.17. The van der Waals surface area contributed by atoms with E-state index in [1.807, 2.05) is 6.92 Å². The Hall–Kier alpha value is -2.09. The zero-order valence-electron chi connectivity index (χ0n) is 12.6. The fourth-order valence-electron chi connectivity index (χ4n) is 1.63. The van der Waals surface area contributed by atoms with Crippen LogP contribution in [0.15, 0.2) is 23.1 Å². The van der Waals surface area contributed by atoms with Crippen LogP contribution in [0.25, 0.3) is 0 Å². The molecule has 1 atom stereocenters. The monoisotopic (exact) mass is 326 g/mol. The van der Waals surface area contributed by atoms with Crippen molar-refractivity contribution in [3.8, 4) is 0 Å². The molecule has 0 spiro atoms. The number of hydrogen-bond acceptors (Lipinski definition) is 6. The number of ether oxygens (including phenoxy) is 1. The van der Waals surface area contributed by atoms with Gasteiger partial charge < -0.3 is 10.1 Å². The first kappa shape index (κ1) is 18.0. The number of amides is 1. The smallest absolute Gasteiger partial charge is 0.339 e. The van der Waals surface area contributed by atoms with E-state index in [9.17, 15) is 19.7 Å². The van der Waals surface area contributed by atoms with Gasteiger partial charge in [-0.3, -0.25) is 14.9 Å². The van der Waals surface area contributed by atoms with Crippen LogP contribution in [0.1, 0.15) is 30.6 Å². The number of hydrogen-bond donors (Lipinski definition) is 1. The fraction of sp³-hybridized carbons (Fsp3) is 0.429. The van der Waals surface area contributed by atoms with Crippen molar-refractivity contribution < 1.29 is 19.2 Å². The molecule has 0 aliphatic heterocycles. The van der Waals surface area contributed by atoms with E-state index in [1.54, 1.807) is 6.26 Å². The molecule has 0 saturated carbocycles. The van der Waals surface area contributed by atoms with Crippen molar-refractivity contribution in [2.24, 2.45) is 0 Å². The van der Waals surface area contributed by atoms with Gasteiger partial charge in [-0.15, -0.1) is 11.8 Å². The highest BCUT2D eigenvalue weighted by Gasteiger charge is 2.21. The maximum absolute atomic E-state index is 12.0. The molecule has 1 aromatic rings. The number of nitrogens with one attached hydrogen (secondary N) is 1. The minimum atomic E-state index is -0.960. The van der Waals surface area contributed by atoms with E-state index in [1.165, 1.54) is 30.8 Å². The highest BCUT2D eigenvalue weighted by molar-refractivity contribution is 7.98. The zero-order valence-corrected chi connectivity index (χ0v) is 13.4. The molecule has 1 aromatic carbocycles. The molecule has 8 heteroatoms. The molecule has 0 fully saturated rings. The minimum Gasteiger partial charge on any atom is -0.449 e. The van der Waals surface area contributed by atoms with Gasteiger partial charge in [-0.2, -0.15) is 0 Å². The predicted octanol–water partition coefficient (Wildman–Crippen LogP) is 2.39. The van der Waals surface area contributed by atoms with Crippen LogP contribution < -0.4 is 5.32 Å². The zero-order chi connectivity index (χ0) is 16.7. The Bertz CT molecular complexity index is 576. The van der Waals surface area contributed by atoms with Crippen LogP contribution in [-0.2, 0) is 9.53 Å². The van der Waals surface area contributed by atoms with Crippen molar-refractivity contribution >= 4 is 29.3 Å². The normalized spacial score (nSPS) is 11.6. The van der Waals surface area contributed by atoms with Gasteiger partial charge in [0.1, 0.15) is 0 Å². The number of carbonyl (C=O) groups excluding carboxylic acids is 2. The number of benzene rings is 1. The fourth-order valence-corrected chi connectivity index (χ4v) is 2.18. The lowest BCUT2D eigenvalue weighted by molar-refractivity contribution is -0.387. The molecule has 7 nitrogen and oxygen atoms in total. The molecule has 1 amide bonds. The van der Waals surface area contributed by atoms with Crippen molar-refractivity contribution in [2.75, 3.05) is 12.8 Å². The van der Waals surface area contributed by atoms with E-state index >= 15 is 0 Å². The van der Waals surface area contributed by atoms with Gasteiger partial charge in [0.15, 0.2) is 6.10 Å². The summed E-state index contributed by atoms with van der Waals surface area (Å²) in [6, 6.07) is 4.09. The van der Waals surface area contributed by atoms with Crippen LogP contribution in [0, 0.1) is 10.1 Å². The highest BCUT2D eigenvalue weighted by Crippen LogP contribution is 2.28. The highest BCUT2D eigenvalue weighted by atomic mass is 32.2. The lowest BCUT2D eigenvalue weighted by atomic mass is 10.2. The summed E-state index contributed by atoms with van der Waals surface area (Å²) >= 11 is 1.21. The van der Waals surface area contributed by atoms with E-state index < -0.39 is 22.9 Å². The van der Waals surface area contributed by atoms with Gasteiger partial charge in [0.2, 0.25) is 0 Å². The molecule has 0 saturated heterocycles. The van der Waals surface area contributed by atoms with E-state index in [0.717, 1.165) is 12.5 Å². The third kappa shape index (κ3) is 4.73. The Labute approximate surface area is 132 Å². The van der Waals surface area contributed by atoms with Gasteiger partial charge >= 0.3 is 5.97 Å². The Balaban J connectivity index is 2.83. The third-order valence-electron chi connectivity index (χ3n) is 2.81. The molecule has 120 valence electrons. The molecule has 22 heavy (non-hydrogen) atoms. The van der Waals surface area contributed by atoms with E-state index in [-0.39, 0.29) is 11.3 Å². The number of rotatable bonds is 7. The number of carbonyl (C=O) groups is 2. The second kappa shape index (κ2) is 8.38. The van der Waals surface area contributed by atoms with E-state index in [0.29, 0.717) is 11.4 Å². The predicted molar refractivity (Wildman–Crippen MR) is 83.1 cm³/mol. The molecule has 0 aliphatic rings. The topological polar surface area (TPSA) is 98.5 Å².